The molecular formula is C126H72N12O6. The quantitative estimate of drug-likeness (QED) is 0.111. The fraction of sp³-hybridized carbons (Fsp3) is 0. The summed E-state index contributed by atoms with van der Waals surface area (Å²) in [7, 11) is 0. The van der Waals surface area contributed by atoms with E-state index >= 15 is 0 Å². The van der Waals surface area contributed by atoms with Crippen molar-refractivity contribution < 1.29 is 26.5 Å². The van der Waals surface area contributed by atoms with Gasteiger partial charge in [0.2, 0.25) is 0 Å². The van der Waals surface area contributed by atoms with Gasteiger partial charge < -0.3 is 26.5 Å². The first kappa shape index (κ1) is 82.3. The highest BCUT2D eigenvalue weighted by molar-refractivity contribution is 6.20. The molecule has 0 spiro atoms. The minimum atomic E-state index is 0.593. The number of fused-ring (bicyclic) bond motifs is 21. The van der Waals surface area contributed by atoms with Gasteiger partial charge in [-0.25, -0.2) is 44.9 Å². The molecular weight excluding hydrogens is 1780 g/mol. The van der Waals surface area contributed by atoms with Gasteiger partial charge in [0.25, 0.3) is 0 Å². The fourth-order valence-corrected chi connectivity index (χ4v) is 20.2. The Morgan fingerprint density at radius 2 is 0.403 bits per heavy atom. The summed E-state index contributed by atoms with van der Waals surface area (Å²) in [5.74, 6) is 5.41. The number of hydrogen-bond acceptors (Lipinski definition) is 18. The van der Waals surface area contributed by atoms with Gasteiger partial charge in [0.05, 0.1) is 5.52 Å². The number of nitrogens with zero attached hydrogens (tertiary/aromatic N) is 12. The average molecular weight is 1850 g/mol. The van der Waals surface area contributed by atoms with Gasteiger partial charge in [-0.3, -0.25) is 15.0 Å². The van der Waals surface area contributed by atoms with E-state index in [-0.39, 0.29) is 0 Å². The van der Waals surface area contributed by atoms with Crippen LogP contribution in [0.4, 0.5) is 0 Å². The van der Waals surface area contributed by atoms with Crippen LogP contribution in [0.1, 0.15) is 0 Å². The van der Waals surface area contributed by atoms with Crippen molar-refractivity contribution in [2.45, 2.75) is 0 Å². The lowest BCUT2D eigenvalue weighted by Gasteiger charge is -2.10. The molecule has 30 aromatic rings. The summed E-state index contributed by atoms with van der Waals surface area (Å²) >= 11 is 0. The van der Waals surface area contributed by atoms with E-state index in [0.29, 0.717) is 52.4 Å². The van der Waals surface area contributed by atoms with E-state index in [1.807, 2.05) is 268 Å². The zero-order valence-electron chi connectivity index (χ0n) is 76.4. The molecule has 0 bridgehead atoms. The van der Waals surface area contributed by atoms with E-state index in [1.165, 1.54) is 0 Å². The Hall–Kier alpha value is -20.0. The van der Waals surface area contributed by atoms with Crippen LogP contribution in [0.15, 0.2) is 464 Å². The Labute approximate surface area is 818 Å². The molecule has 0 N–H and O–H groups in total. The standard InChI is InChI=1S/3C42H24N4O2/c1-2-9-26(10-3-1)40-44-41(46-42(45-40)31-14-7-17-36-39(31)30-12-4-5-15-34(30)47-36)27-20-18-25(19-21-27)29-13-6-16-35-38(29)32-24-33-28(11-8-22-43-33)23-37(32)48-35;1-2-8-26(9-3-1)40-44-41(46-42(45-40)32-12-7-15-36-39(32)31-10-4-5-13-34(31)47-36)27-18-16-25(17-19-27)30-11-6-14-35-38(30)33-22-29-24-43-21-20-28(29)23-37(33)48-35;1-2-8-26(9-3-1)40-44-41(46-42(45-40)32-12-7-15-36-39(32)31-10-4-5-13-34(31)47-36)27-18-16-25(17-19-27)30-11-6-14-35-38(30)33-22-28-20-21-43-24-29(28)23-37(33)48-35/h3*1-24H. The van der Waals surface area contributed by atoms with Crippen LogP contribution in [0.3, 0.4) is 0 Å². The van der Waals surface area contributed by atoms with E-state index < -0.39 is 0 Å². The summed E-state index contributed by atoms with van der Waals surface area (Å²) in [6.07, 6.45) is 9.22. The minimum absolute atomic E-state index is 0.593. The van der Waals surface area contributed by atoms with Gasteiger partial charge in [0.1, 0.15) is 67.0 Å². The summed E-state index contributed by atoms with van der Waals surface area (Å²) in [5.41, 5.74) is 25.6. The van der Waals surface area contributed by atoms with Crippen molar-refractivity contribution in [2.75, 3.05) is 0 Å². The van der Waals surface area contributed by atoms with Crippen molar-refractivity contribution in [3.63, 3.8) is 0 Å². The Morgan fingerprint density at radius 1 is 0.146 bits per heavy atom. The van der Waals surface area contributed by atoms with Crippen LogP contribution in [0.5, 0.6) is 0 Å². The fourth-order valence-electron chi connectivity index (χ4n) is 20.2. The summed E-state index contributed by atoms with van der Waals surface area (Å²) < 4.78 is 37.5. The van der Waals surface area contributed by atoms with E-state index in [9.17, 15) is 0 Å². The van der Waals surface area contributed by atoms with Crippen molar-refractivity contribution in [1.29, 1.82) is 0 Å². The Bertz CT molecular complexity index is 9440. The normalized spacial score (nSPS) is 11.8. The number of furan rings is 6. The molecule has 0 fully saturated rings. The third kappa shape index (κ3) is 14.4. The number of hydrogen-bond donors (Lipinski definition) is 0. The molecule has 12 aromatic heterocycles. The van der Waals surface area contributed by atoms with E-state index in [4.69, 9.17) is 71.4 Å². The smallest absolute Gasteiger partial charge is 0.164 e. The van der Waals surface area contributed by atoms with Gasteiger partial charge in [0, 0.05) is 162 Å². The van der Waals surface area contributed by atoms with Crippen LogP contribution in [0.2, 0.25) is 0 Å². The SMILES string of the molecule is c1ccc(-c2nc(-c3ccc(-c4cccc5oc6cc7cccnc7cc6c45)cc3)nc(-c3cccc4oc5ccccc5c34)n2)cc1.c1ccc(-c2nc(-c3ccc(-c4cccc5oc6cc7ccncc7cc6c45)cc3)nc(-c3cccc4oc5ccccc5c34)n2)cc1.c1ccc(-c2nc(-c3ccc(-c4cccc5oc6cc7cnccc7cc6c45)cc3)nc(-c3cccc4oc5ccccc5c34)n2)cc1. The molecule has 144 heavy (non-hydrogen) atoms. The molecule has 0 saturated carbocycles. The highest BCUT2D eigenvalue weighted by atomic mass is 16.3. The summed E-state index contributed by atoms with van der Waals surface area (Å²) in [5, 5.41) is 17.9. The molecule has 0 saturated heterocycles. The molecule has 0 radical (unpaired) electrons. The lowest BCUT2D eigenvalue weighted by molar-refractivity contribution is 0.668. The predicted octanol–water partition coefficient (Wildman–Crippen LogP) is 32.7. The van der Waals surface area contributed by atoms with Crippen LogP contribution in [-0.2, 0) is 0 Å². The third-order valence-corrected chi connectivity index (χ3v) is 27.0. The van der Waals surface area contributed by atoms with Gasteiger partial charge in [0.15, 0.2) is 52.4 Å². The van der Waals surface area contributed by atoms with Crippen molar-refractivity contribution >= 4 is 164 Å². The molecule has 0 aliphatic heterocycles. The van der Waals surface area contributed by atoms with Crippen molar-refractivity contribution in [3.8, 4) is 136 Å². The third-order valence-electron chi connectivity index (χ3n) is 27.0. The topological polar surface area (TPSA) is 234 Å². The average Bonchev–Trinajstić information content (AvgIpc) is 1.58. The summed E-state index contributed by atoms with van der Waals surface area (Å²) in [4.78, 5) is 58.3. The van der Waals surface area contributed by atoms with E-state index in [0.717, 1.165) is 248 Å². The Morgan fingerprint density at radius 3 is 0.764 bits per heavy atom. The monoisotopic (exact) mass is 1850 g/mol. The number of benzene rings is 18. The van der Waals surface area contributed by atoms with Crippen LogP contribution in [0, 0.1) is 0 Å². The second kappa shape index (κ2) is 34.0. The van der Waals surface area contributed by atoms with Gasteiger partial charge in [-0.2, -0.15) is 0 Å². The van der Waals surface area contributed by atoms with Crippen LogP contribution < -0.4 is 0 Å². The minimum Gasteiger partial charge on any atom is -0.456 e. The van der Waals surface area contributed by atoms with Crippen LogP contribution in [0.25, 0.3) is 300 Å². The molecule has 672 valence electrons. The molecule has 18 heteroatoms. The molecule has 0 aliphatic rings. The van der Waals surface area contributed by atoms with Crippen molar-refractivity contribution in [3.05, 3.63) is 437 Å². The molecule has 30 rings (SSSR count). The van der Waals surface area contributed by atoms with Gasteiger partial charge >= 0.3 is 0 Å². The first-order valence-electron chi connectivity index (χ1n) is 47.4. The maximum absolute atomic E-state index is 6.32. The van der Waals surface area contributed by atoms with Gasteiger partial charge in [-0.05, 0) is 153 Å². The second-order valence-corrected chi connectivity index (χ2v) is 35.6. The molecule has 0 unspecified atom stereocenters. The first-order chi connectivity index (χ1) is 71.3. The molecule has 0 aliphatic carbocycles. The Balaban J connectivity index is 0.000000105. The zero-order chi connectivity index (χ0) is 94.8. The lowest BCUT2D eigenvalue weighted by atomic mass is 9.97. The molecule has 0 amide bonds. The highest BCUT2D eigenvalue weighted by Gasteiger charge is 2.26. The van der Waals surface area contributed by atoms with Crippen molar-refractivity contribution in [2.24, 2.45) is 0 Å². The molecule has 0 atom stereocenters. The summed E-state index contributed by atoms with van der Waals surface area (Å²) in [6, 6.07) is 137. The number of para-hydroxylation sites is 3. The number of rotatable bonds is 12. The Kier molecular flexibility index (Phi) is 19.4. The van der Waals surface area contributed by atoms with E-state index in [2.05, 4.69) is 185 Å². The van der Waals surface area contributed by atoms with Gasteiger partial charge in [-0.1, -0.05) is 297 Å². The first-order valence-corrected chi connectivity index (χ1v) is 47.4. The molecule has 18 nitrogen and oxygen atoms in total. The largest absolute Gasteiger partial charge is 0.456 e. The zero-order valence-corrected chi connectivity index (χ0v) is 76.4. The maximum atomic E-state index is 6.32. The van der Waals surface area contributed by atoms with Crippen LogP contribution >= 0.6 is 0 Å². The number of aromatic nitrogens is 12. The van der Waals surface area contributed by atoms with E-state index in [1.54, 1.807) is 0 Å². The van der Waals surface area contributed by atoms with Crippen LogP contribution in [-0.4, -0.2) is 59.8 Å². The maximum Gasteiger partial charge on any atom is 0.164 e. The lowest BCUT2D eigenvalue weighted by Crippen LogP contribution is -2.00. The molecule has 18 aromatic carbocycles. The van der Waals surface area contributed by atoms with Crippen molar-refractivity contribution in [1.82, 2.24) is 59.8 Å². The highest BCUT2D eigenvalue weighted by Crippen LogP contribution is 2.47. The second-order valence-electron chi connectivity index (χ2n) is 35.6. The molecule has 12 heterocycles. The predicted molar refractivity (Wildman–Crippen MR) is 574 cm³/mol. The number of pyridine rings is 3. The summed E-state index contributed by atoms with van der Waals surface area (Å²) in [6.45, 7) is 0. The van der Waals surface area contributed by atoms with Gasteiger partial charge in [-0.15, -0.1) is 0 Å².